The van der Waals surface area contributed by atoms with E-state index < -0.39 is 0 Å². The molecule has 1 saturated carbocycles. The van der Waals surface area contributed by atoms with Crippen molar-refractivity contribution in [3.8, 4) is 0 Å². The summed E-state index contributed by atoms with van der Waals surface area (Å²) in [5, 5.41) is 10.9. The van der Waals surface area contributed by atoms with Crippen LogP contribution in [-0.2, 0) is 11.3 Å². The van der Waals surface area contributed by atoms with E-state index in [1.165, 1.54) is 0 Å². The number of hydrogen-bond donors (Lipinski definition) is 2. The van der Waals surface area contributed by atoms with Gasteiger partial charge in [0.25, 0.3) is 0 Å². The predicted octanol–water partition coefficient (Wildman–Crippen LogP) is 3.28. The first kappa shape index (κ1) is 22.2. The van der Waals surface area contributed by atoms with E-state index in [9.17, 15) is 4.79 Å². The molecule has 7 heteroatoms. The molecule has 0 saturated heterocycles. The molecule has 1 heterocycles. The zero-order chi connectivity index (χ0) is 20.6. The molecule has 158 valence electrons. The van der Waals surface area contributed by atoms with Crippen molar-refractivity contribution < 1.29 is 9.32 Å². The van der Waals surface area contributed by atoms with Crippen molar-refractivity contribution in [3.05, 3.63) is 17.5 Å². The number of amides is 1. The summed E-state index contributed by atoms with van der Waals surface area (Å²) < 4.78 is 5.47. The maximum Gasteiger partial charge on any atom is 0.230 e. The molecule has 1 aromatic rings. The molecule has 1 amide bonds. The van der Waals surface area contributed by atoms with Crippen LogP contribution in [0.4, 0.5) is 0 Å². The quantitative estimate of drug-likeness (QED) is 0.499. The number of aromatic nitrogens is 1. The molecule has 0 spiro atoms. The lowest BCUT2D eigenvalue weighted by atomic mass is 9.84. The Balaban J connectivity index is 2.03. The van der Waals surface area contributed by atoms with Crippen molar-refractivity contribution in [2.45, 2.75) is 71.8 Å². The van der Waals surface area contributed by atoms with Gasteiger partial charge in [0.2, 0.25) is 5.91 Å². The molecular weight excluding hydrogens is 354 g/mol. The van der Waals surface area contributed by atoms with E-state index in [1.807, 2.05) is 27.1 Å². The van der Waals surface area contributed by atoms with Crippen molar-refractivity contribution >= 4 is 11.9 Å². The Kier molecular flexibility index (Phi) is 8.33. The van der Waals surface area contributed by atoms with Crippen LogP contribution in [0.15, 0.2) is 15.6 Å². The minimum absolute atomic E-state index is 0.207. The maximum absolute atomic E-state index is 12.7. The van der Waals surface area contributed by atoms with Gasteiger partial charge in [0.1, 0.15) is 6.54 Å². The first-order valence-corrected chi connectivity index (χ1v) is 10.6. The molecule has 2 N–H and O–H groups in total. The Bertz CT molecular complexity index is 643. The fourth-order valence-corrected chi connectivity index (χ4v) is 4.05. The molecular formula is C21H37N5O2. The minimum Gasteiger partial charge on any atom is -0.359 e. The second-order valence-electron chi connectivity index (χ2n) is 7.97. The van der Waals surface area contributed by atoms with Gasteiger partial charge < -0.3 is 20.1 Å². The van der Waals surface area contributed by atoms with Crippen molar-refractivity contribution in [1.29, 1.82) is 0 Å². The third kappa shape index (κ3) is 5.49. The van der Waals surface area contributed by atoms with Gasteiger partial charge in [-0.15, -0.1) is 0 Å². The van der Waals surface area contributed by atoms with E-state index in [-0.39, 0.29) is 11.3 Å². The van der Waals surface area contributed by atoms with Crippen molar-refractivity contribution in [2.75, 3.05) is 27.2 Å². The van der Waals surface area contributed by atoms with Gasteiger partial charge in [-0.2, -0.15) is 0 Å². The van der Waals surface area contributed by atoms with E-state index in [4.69, 9.17) is 4.52 Å². The summed E-state index contributed by atoms with van der Waals surface area (Å²) in [6.07, 6.45) is 6.17. The van der Waals surface area contributed by atoms with Gasteiger partial charge in [0.05, 0.1) is 11.1 Å². The molecule has 0 bridgehead atoms. The summed E-state index contributed by atoms with van der Waals surface area (Å²) in [6, 6.07) is 2.01. The van der Waals surface area contributed by atoms with E-state index in [1.54, 1.807) is 4.90 Å². The van der Waals surface area contributed by atoms with E-state index >= 15 is 0 Å². The normalized spacial score (nSPS) is 16.4. The molecule has 28 heavy (non-hydrogen) atoms. The first-order chi connectivity index (χ1) is 13.5. The van der Waals surface area contributed by atoms with Crippen LogP contribution in [-0.4, -0.2) is 49.1 Å². The van der Waals surface area contributed by atoms with Crippen LogP contribution in [0.5, 0.6) is 0 Å². The number of guanidine groups is 1. The number of nitrogens with zero attached hydrogens (tertiary/aromatic N) is 3. The average Bonchev–Trinajstić information content (AvgIpc) is 3.35. The lowest BCUT2D eigenvalue weighted by Crippen LogP contribution is -2.49. The Morgan fingerprint density at radius 3 is 2.50 bits per heavy atom. The van der Waals surface area contributed by atoms with Gasteiger partial charge in [-0.3, -0.25) is 4.79 Å². The smallest absolute Gasteiger partial charge is 0.230 e. The van der Waals surface area contributed by atoms with E-state index in [0.29, 0.717) is 25.0 Å². The van der Waals surface area contributed by atoms with Crippen LogP contribution >= 0.6 is 0 Å². The topological polar surface area (TPSA) is 82.8 Å². The largest absolute Gasteiger partial charge is 0.359 e. The second-order valence-corrected chi connectivity index (χ2v) is 7.97. The lowest BCUT2D eigenvalue weighted by molar-refractivity contribution is -0.138. The molecule has 0 radical (unpaired) electrons. The van der Waals surface area contributed by atoms with Crippen LogP contribution in [0.3, 0.4) is 0 Å². The molecule has 0 atom stereocenters. The number of hydrogen-bond acceptors (Lipinski definition) is 4. The van der Waals surface area contributed by atoms with Gasteiger partial charge in [0, 0.05) is 39.2 Å². The van der Waals surface area contributed by atoms with Crippen molar-refractivity contribution in [3.63, 3.8) is 0 Å². The SMILES string of the molecule is CCNC(=NCc1cc(C(CC)CC)no1)NCC1(C(=O)N(C)C)CCCC1. The number of nitrogens with one attached hydrogen (secondary N) is 2. The molecule has 0 aromatic carbocycles. The van der Waals surface area contributed by atoms with Gasteiger partial charge in [-0.05, 0) is 32.6 Å². The molecule has 0 aliphatic heterocycles. The molecule has 1 aliphatic carbocycles. The monoisotopic (exact) mass is 391 g/mol. The van der Waals surface area contributed by atoms with Crippen LogP contribution in [0.1, 0.15) is 76.7 Å². The molecule has 2 rings (SSSR count). The van der Waals surface area contributed by atoms with Gasteiger partial charge in [-0.1, -0.05) is 31.8 Å². The fraction of sp³-hybridized carbons (Fsp3) is 0.762. The molecule has 0 unspecified atom stereocenters. The summed E-state index contributed by atoms with van der Waals surface area (Å²) >= 11 is 0. The highest BCUT2D eigenvalue weighted by atomic mass is 16.5. The van der Waals surface area contributed by atoms with Crippen LogP contribution in [0.2, 0.25) is 0 Å². The van der Waals surface area contributed by atoms with Crippen molar-refractivity contribution in [2.24, 2.45) is 10.4 Å². The Labute approximate surface area is 169 Å². The fourth-order valence-electron chi connectivity index (χ4n) is 4.05. The van der Waals surface area contributed by atoms with Crippen LogP contribution < -0.4 is 10.6 Å². The number of carbonyl (C=O) groups excluding carboxylic acids is 1. The maximum atomic E-state index is 12.7. The third-order valence-corrected chi connectivity index (χ3v) is 5.73. The Morgan fingerprint density at radius 1 is 1.25 bits per heavy atom. The lowest BCUT2D eigenvalue weighted by Gasteiger charge is -2.31. The Hall–Kier alpha value is -2.05. The van der Waals surface area contributed by atoms with Crippen LogP contribution in [0.25, 0.3) is 0 Å². The highest BCUT2D eigenvalue weighted by molar-refractivity contribution is 5.85. The molecule has 1 fully saturated rings. The average molecular weight is 392 g/mol. The highest BCUT2D eigenvalue weighted by Crippen LogP contribution is 2.38. The molecule has 7 nitrogen and oxygen atoms in total. The molecule has 1 aromatic heterocycles. The van der Waals surface area contributed by atoms with Gasteiger partial charge in [0.15, 0.2) is 11.7 Å². The number of rotatable bonds is 9. The standard InChI is InChI=1S/C21H37N5O2/c1-6-16(7-2)18-13-17(28-25-18)14-23-20(22-8-3)24-15-21(11-9-10-12-21)19(27)26(4)5/h13,16H,6-12,14-15H2,1-5H3,(H2,22,23,24). The number of aliphatic imine (C=N–C) groups is 1. The first-order valence-electron chi connectivity index (χ1n) is 10.6. The van der Waals surface area contributed by atoms with Crippen LogP contribution in [0, 0.1) is 5.41 Å². The van der Waals surface area contributed by atoms with E-state index in [0.717, 1.165) is 56.5 Å². The van der Waals surface area contributed by atoms with Gasteiger partial charge >= 0.3 is 0 Å². The van der Waals surface area contributed by atoms with Gasteiger partial charge in [-0.25, -0.2) is 4.99 Å². The summed E-state index contributed by atoms with van der Waals surface area (Å²) in [7, 11) is 3.67. The molecule has 1 aliphatic rings. The highest BCUT2D eigenvalue weighted by Gasteiger charge is 2.42. The Morgan fingerprint density at radius 2 is 1.93 bits per heavy atom. The van der Waals surface area contributed by atoms with E-state index in [2.05, 4.69) is 34.6 Å². The minimum atomic E-state index is -0.325. The summed E-state index contributed by atoms with van der Waals surface area (Å²) in [6.45, 7) is 8.16. The predicted molar refractivity (Wildman–Crippen MR) is 112 cm³/mol. The zero-order valence-electron chi connectivity index (χ0n) is 18.2. The zero-order valence-corrected chi connectivity index (χ0v) is 18.2. The second kappa shape index (κ2) is 10.5. The summed E-state index contributed by atoms with van der Waals surface area (Å²) in [5.41, 5.74) is 0.684. The van der Waals surface area contributed by atoms with Crippen molar-refractivity contribution in [1.82, 2.24) is 20.7 Å². The summed E-state index contributed by atoms with van der Waals surface area (Å²) in [5.74, 6) is 2.12. The number of carbonyl (C=O) groups is 1. The third-order valence-electron chi connectivity index (χ3n) is 5.73. The summed E-state index contributed by atoms with van der Waals surface area (Å²) in [4.78, 5) is 19.1.